The lowest BCUT2D eigenvalue weighted by Crippen LogP contribution is -2.40. The van der Waals surface area contributed by atoms with Crippen LogP contribution in [0.15, 0.2) is 36.4 Å². The summed E-state index contributed by atoms with van der Waals surface area (Å²) < 4.78 is 18.4. The van der Waals surface area contributed by atoms with E-state index in [2.05, 4.69) is 10.6 Å². The number of halogens is 2. The number of anilines is 1. The van der Waals surface area contributed by atoms with Crippen molar-refractivity contribution in [3.63, 3.8) is 0 Å². The first-order chi connectivity index (χ1) is 12.3. The highest BCUT2D eigenvalue weighted by Crippen LogP contribution is 2.25. The third-order valence-electron chi connectivity index (χ3n) is 3.74. The molecule has 1 atom stereocenters. The maximum Gasteiger partial charge on any atom is 0.261 e. The van der Waals surface area contributed by atoms with Crippen molar-refractivity contribution in [3.05, 3.63) is 58.4 Å². The first-order valence-corrected chi connectivity index (χ1v) is 8.41. The van der Waals surface area contributed by atoms with Gasteiger partial charge in [0.15, 0.2) is 6.10 Å². The SMILES string of the molecule is Cc1cccc(C)c1NC(=O)CNC(=O)C(C)Oc1ccc(F)cc1Cl. The minimum Gasteiger partial charge on any atom is -0.479 e. The summed E-state index contributed by atoms with van der Waals surface area (Å²) in [4.78, 5) is 24.1. The van der Waals surface area contributed by atoms with Gasteiger partial charge in [0.2, 0.25) is 5.91 Å². The molecular formula is C19H20ClFN2O3. The Morgan fingerprint density at radius 2 is 1.85 bits per heavy atom. The van der Waals surface area contributed by atoms with Crippen molar-refractivity contribution in [1.82, 2.24) is 5.32 Å². The first kappa shape index (κ1) is 19.7. The van der Waals surface area contributed by atoms with Crippen LogP contribution in [0.1, 0.15) is 18.1 Å². The number of hydrogen-bond donors (Lipinski definition) is 2. The standard InChI is InChI=1S/C19H20ClFN2O3/c1-11-5-4-6-12(2)18(11)23-17(24)10-22-19(25)13(3)26-16-8-7-14(21)9-15(16)20/h4-9,13H,10H2,1-3H3,(H,22,25)(H,23,24). The van der Waals surface area contributed by atoms with E-state index >= 15 is 0 Å². The van der Waals surface area contributed by atoms with Crippen LogP contribution in [0, 0.1) is 19.7 Å². The van der Waals surface area contributed by atoms with Gasteiger partial charge in [-0.25, -0.2) is 4.39 Å². The second-order valence-corrected chi connectivity index (χ2v) is 6.27. The maximum atomic E-state index is 13.0. The van der Waals surface area contributed by atoms with Gasteiger partial charge in [0.05, 0.1) is 11.6 Å². The summed E-state index contributed by atoms with van der Waals surface area (Å²) in [5, 5.41) is 5.35. The highest BCUT2D eigenvalue weighted by molar-refractivity contribution is 6.32. The highest BCUT2D eigenvalue weighted by Gasteiger charge is 2.17. The Labute approximate surface area is 156 Å². The number of carbonyl (C=O) groups excluding carboxylic acids is 2. The molecule has 0 heterocycles. The van der Waals surface area contributed by atoms with E-state index in [4.69, 9.17) is 16.3 Å². The van der Waals surface area contributed by atoms with E-state index in [1.807, 2.05) is 32.0 Å². The Hall–Kier alpha value is -2.60. The smallest absolute Gasteiger partial charge is 0.261 e. The molecule has 5 nitrogen and oxygen atoms in total. The van der Waals surface area contributed by atoms with Crippen LogP contribution >= 0.6 is 11.6 Å². The molecular weight excluding hydrogens is 359 g/mol. The molecule has 2 rings (SSSR count). The number of aryl methyl sites for hydroxylation is 2. The lowest BCUT2D eigenvalue weighted by Gasteiger charge is -2.16. The van der Waals surface area contributed by atoms with Gasteiger partial charge in [-0.15, -0.1) is 0 Å². The van der Waals surface area contributed by atoms with Crippen molar-refractivity contribution in [3.8, 4) is 5.75 Å². The van der Waals surface area contributed by atoms with Gasteiger partial charge in [0, 0.05) is 5.69 Å². The molecule has 0 aliphatic heterocycles. The van der Waals surface area contributed by atoms with Gasteiger partial charge in [-0.2, -0.15) is 0 Å². The molecule has 2 aromatic carbocycles. The minimum atomic E-state index is -0.897. The molecule has 138 valence electrons. The molecule has 0 spiro atoms. The summed E-state index contributed by atoms with van der Waals surface area (Å²) in [6.07, 6.45) is -0.897. The average molecular weight is 379 g/mol. The summed E-state index contributed by atoms with van der Waals surface area (Å²) in [5.41, 5.74) is 2.61. The Kier molecular flexibility index (Phi) is 6.58. The van der Waals surface area contributed by atoms with Gasteiger partial charge >= 0.3 is 0 Å². The molecule has 0 aliphatic carbocycles. The fraction of sp³-hybridized carbons (Fsp3) is 0.263. The number of amides is 2. The van der Waals surface area contributed by atoms with Crippen molar-refractivity contribution in [2.75, 3.05) is 11.9 Å². The summed E-state index contributed by atoms with van der Waals surface area (Å²) in [6, 6.07) is 9.31. The first-order valence-electron chi connectivity index (χ1n) is 8.03. The molecule has 26 heavy (non-hydrogen) atoms. The molecule has 0 aromatic heterocycles. The van der Waals surface area contributed by atoms with Crippen molar-refractivity contribution < 1.29 is 18.7 Å². The molecule has 0 bridgehead atoms. The minimum absolute atomic E-state index is 0.0671. The Morgan fingerprint density at radius 3 is 2.46 bits per heavy atom. The third-order valence-corrected chi connectivity index (χ3v) is 4.03. The second kappa shape index (κ2) is 8.67. The topological polar surface area (TPSA) is 67.4 Å². The quantitative estimate of drug-likeness (QED) is 0.806. The molecule has 0 saturated heterocycles. The molecule has 0 saturated carbocycles. The van der Waals surface area contributed by atoms with Crippen LogP contribution in [0.25, 0.3) is 0 Å². The number of ether oxygens (including phenoxy) is 1. The van der Waals surface area contributed by atoms with Gasteiger partial charge in [0.1, 0.15) is 11.6 Å². The molecule has 2 amide bonds. The fourth-order valence-corrected chi connectivity index (χ4v) is 2.53. The van der Waals surface area contributed by atoms with E-state index in [9.17, 15) is 14.0 Å². The number of nitrogens with one attached hydrogen (secondary N) is 2. The fourth-order valence-electron chi connectivity index (χ4n) is 2.32. The molecule has 2 N–H and O–H groups in total. The van der Waals surface area contributed by atoms with Gasteiger partial charge < -0.3 is 15.4 Å². The number of hydrogen-bond acceptors (Lipinski definition) is 3. The molecule has 7 heteroatoms. The van der Waals surface area contributed by atoms with Gasteiger partial charge in [0.25, 0.3) is 5.91 Å². The van der Waals surface area contributed by atoms with E-state index < -0.39 is 17.8 Å². The monoisotopic (exact) mass is 378 g/mol. The highest BCUT2D eigenvalue weighted by atomic mass is 35.5. The zero-order chi connectivity index (χ0) is 19.3. The Bertz CT molecular complexity index is 806. The van der Waals surface area contributed by atoms with Crippen molar-refractivity contribution >= 4 is 29.1 Å². The van der Waals surface area contributed by atoms with Crippen LogP contribution in [0.5, 0.6) is 5.75 Å². The summed E-state index contributed by atoms with van der Waals surface area (Å²) >= 11 is 5.86. The third kappa shape index (κ3) is 5.20. The van der Waals surface area contributed by atoms with Crippen LogP contribution in [0.4, 0.5) is 10.1 Å². The van der Waals surface area contributed by atoms with E-state index in [1.54, 1.807) is 0 Å². The summed E-state index contributed by atoms with van der Waals surface area (Å²) in [7, 11) is 0. The van der Waals surface area contributed by atoms with Crippen LogP contribution in [0.3, 0.4) is 0 Å². The van der Waals surface area contributed by atoms with E-state index in [-0.39, 0.29) is 23.2 Å². The van der Waals surface area contributed by atoms with Gasteiger partial charge in [-0.1, -0.05) is 29.8 Å². The van der Waals surface area contributed by atoms with Crippen LogP contribution < -0.4 is 15.4 Å². The number of carbonyl (C=O) groups is 2. The molecule has 1 unspecified atom stereocenters. The Balaban J connectivity index is 1.88. The zero-order valence-electron chi connectivity index (χ0n) is 14.7. The molecule has 0 aliphatic rings. The normalized spacial score (nSPS) is 11.6. The van der Waals surface area contributed by atoms with Crippen LogP contribution in [-0.4, -0.2) is 24.5 Å². The molecule has 0 radical (unpaired) electrons. The molecule has 2 aromatic rings. The van der Waals surface area contributed by atoms with Crippen LogP contribution in [-0.2, 0) is 9.59 Å². The lowest BCUT2D eigenvalue weighted by atomic mass is 10.1. The average Bonchev–Trinajstić information content (AvgIpc) is 2.58. The van der Waals surface area contributed by atoms with Crippen molar-refractivity contribution in [1.29, 1.82) is 0 Å². The lowest BCUT2D eigenvalue weighted by molar-refractivity contribution is -0.129. The Morgan fingerprint density at radius 1 is 1.19 bits per heavy atom. The zero-order valence-corrected chi connectivity index (χ0v) is 15.5. The second-order valence-electron chi connectivity index (χ2n) is 5.87. The largest absolute Gasteiger partial charge is 0.479 e. The van der Waals surface area contributed by atoms with Crippen molar-refractivity contribution in [2.45, 2.75) is 26.9 Å². The number of rotatable bonds is 6. The number of benzene rings is 2. The van der Waals surface area contributed by atoms with E-state index in [0.29, 0.717) is 0 Å². The van der Waals surface area contributed by atoms with E-state index in [1.165, 1.54) is 19.1 Å². The summed E-state index contributed by atoms with van der Waals surface area (Å²) in [6.45, 7) is 5.10. The molecule has 0 fully saturated rings. The van der Waals surface area contributed by atoms with E-state index in [0.717, 1.165) is 22.9 Å². The van der Waals surface area contributed by atoms with Gasteiger partial charge in [-0.05, 0) is 50.1 Å². The van der Waals surface area contributed by atoms with Gasteiger partial charge in [-0.3, -0.25) is 9.59 Å². The summed E-state index contributed by atoms with van der Waals surface area (Å²) in [5.74, 6) is -1.14. The number of para-hydroxylation sites is 1. The van der Waals surface area contributed by atoms with Crippen molar-refractivity contribution in [2.24, 2.45) is 0 Å². The predicted octanol–water partition coefficient (Wildman–Crippen LogP) is 3.62. The predicted molar refractivity (Wildman–Crippen MR) is 99.1 cm³/mol. The maximum absolute atomic E-state index is 13.0. The van der Waals surface area contributed by atoms with Crippen LogP contribution in [0.2, 0.25) is 5.02 Å².